The summed E-state index contributed by atoms with van der Waals surface area (Å²) in [5, 5.41) is 12.5. The van der Waals surface area contributed by atoms with Crippen molar-refractivity contribution in [2.75, 3.05) is 50.2 Å². The average Bonchev–Trinajstić information content (AvgIpc) is 3.34. The van der Waals surface area contributed by atoms with E-state index >= 15 is 0 Å². The molecule has 1 aromatic heterocycles. The summed E-state index contributed by atoms with van der Waals surface area (Å²) in [5.41, 5.74) is 2.22. The van der Waals surface area contributed by atoms with Gasteiger partial charge in [-0.2, -0.15) is 4.31 Å². The summed E-state index contributed by atoms with van der Waals surface area (Å²) in [4.78, 5) is 15.7. The van der Waals surface area contributed by atoms with Gasteiger partial charge in [0.1, 0.15) is 0 Å². The Morgan fingerprint density at radius 1 is 1.10 bits per heavy atom. The van der Waals surface area contributed by atoms with Crippen LogP contribution < -0.4 is 4.90 Å². The fourth-order valence-electron chi connectivity index (χ4n) is 3.96. The summed E-state index contributed by atoms with van der Waals surface area (Å²) >= 11 is 1.69. The SMILES string of the molecule is O=C(C1CCOCC1)N(O)CS(=O)(=O)N1CCN(c2ccc(-c3cccs3)cc2)CC1. The number of piperazine rings is 1. The Bertz CT molecular complexity index is 965. The van der Waals surface area contributed by atoms with Crippen molar-refractivity contribution in [3.63, 3.8) is 0 Å². The minimum Gasteiger partial charge on any atom is -0.381 e. The molecule has 0 aliphatic carbocycles. The second-order valence-electron chi connectivity index (χ2n) is 7.78. The number of anilines is 1. The molecule has 0 saturated carbocycles. The molecule has 0 unspecified atom stereocenters. The monoisotopic (exact) mass is 465 g/mol. The van der Waals surface area contributed by atoms with E-state index in [0.717, 1.165) is 11.3 Å². The van der Waals surface area contributed by atoms with Crippen molar-refractivity contribution >= 4 is 33.0 Å². The van der Waals surface area contributed by atoms with Crippen LogP contribution in [0.2, 0.25) is 0 Å². The first-order valence-electron chi connectivity index (χ1n) is 10.4. The van der Waals surface area contributed by atoms with E-state index in [9.17, 15) is 18.4 Å². The van der Waals surface area contributed by atoms with Gasteiger partial charge in [0.05, 0.1) is 0 Å². The van der Waals surface area contributed by atoms with Crippen LogP contribution >= 0.6 is 11.3 Å². The standard InChI is InChI=1S/C21H27N3O5S2/c25-21(18-7-13-29-14-8-18)24(26)16-31(27,28)23-11-9-22(10-12-23)19-5-3-17(4-6-19)20-2-1-15-30-20/h1-6,15,18,26H,7-14,16H2. The number of nitrogens with zero attached hydrogens (tertiary/aromatic N) is 3. The summed E-state index contributed by atoms with van der Waals surface area (Å²) < 4.78 is 32.0. The number of amides is 1. The van der Waals surface area contributed by atoms with Crippen molar-refractivity contribution in [3.8, 4) is 10.4 Å². The number of ether oxygens (including phenoxy) is 1. The van der Waals surface area contributed by atoms with Gasteiger partial charge in [0.25, 0.3) is 0 Å². The molecule has 0 bridgehead atoms. The molecular weight excluding hydrogens is 438 g/mol. The van der Waals surface area contributed by atoms with Gasteiger partial charge in [-0.25, -0.2) is 13.5 Å². The van der Waals surface area contributed by atoms with E-state index in [2.05, 4.69) is 35.2 Å². The quantitative estimate of drug-likeness (QED) is 0.521. The number of hydrogen-bond acceptors (Lipinski definition) is 7. The maximum Gasteiger partial charge on any atom is 0.250 e. The summed E-state index contributed by atoms with van der Waals surface area (Å²) in [7, 11) is -3.78. The van der Waals surface area contributed by atoms with Gasteiger partial charge in [-0.1, -0.05) is 18.2 Å². The van der Waals surface area contributed by atoms with Crippen LogP contribution in [0.25, 0.3) is 10.4 Å². The number of carbonyl (C=O) groups excluding carboxylic acids is 1. The normalized spacial score (nSPS) is 18.8. The van der Waals surface area contributed by atoms with Gasteiger partial charge in [0, 0.05) is 55.9 Å². The van der Waals surface area contributed by atoms with Crippen LogP contribution in [0.5, 0.6) is 0 Å². The Morgan fingerprint density at radius 2 is 1.77 bits per heavy atom. The van der Waals surface area contributed by atoms with Gasteiger partial charge in [-0.05, 0) is 42.0 Å². The molecule has 1 aromatic carbocycles. The van der Waals surface area contributed by atoms with Gasteiger partial charge in [-0.3, -0.25) is 10.0 Å². The second kappa shape index (κ2) is 9.66. The Kier molecular flexibility index (Phi) is 6.92. The lowest BCUT2D eigenvalue weighted by Gasteiger charge is -2.36. The molecule has 1 N–H and O–H groups in total. The van der Waals surface area contributed by atoms with E-state index in [0.29, 0.717) is 57.3 Å². The van der Waals surface area contributed by atoms with Crippen LogP contribution in [0, 0.1) is 5.92 Å². The molecule has 1 amide bonds. The lowest BCUT2D eigenvalue weighted by atomic mass is 10.00. The van der Waals surface area contributed by atoms with E-state index in [4.69, 9.17) is 4.74 Å². The number of hydroxylamine groups is 2. The van der Waals surface area contributed by atoms with Crippen molar-refractivity contribution in [2.24, 2.45) is 5.92 Å². The molecule has 2 fully saturated rings. The van der Waals surface area contributed by atoms with Gasteiger partial charge in [-0.15, -0.1) is 11.3 Å². The Morgan fingerprint density at radius 3 is 2.39 bits per heavy atom. The van der Waals surface area contributed by atoms with E-state index in [1.165, 1.54) is 9.18 Å². The first kappa shape index (κ1) is 22.2. The van der Waals surface area contributed by atoms with Crippen molar-refractivity contribution in [1.29, 1.82) is 0 Å². The van der Waals surface area contributed by atoms with Crippen LogP contribution in [-0.4, -0.2) is 74.2 Å². The molecule has 2 aromatic rings. The average molecular weight is 466 g/mol. The molecular formula is C21H27N3O5S2. The van der Waals surface area contributed by atoms with Crippen molar-refractivity contribution in [1.82, 2.24) is 9.37 Å². The van der Waals surface area contributed by atoms with Crippen LogP contribution in [0.15, 0.2) is 41.8 Å². The zero-order valence-corrected chi connectivity index (χ0v) is 18.9. The maximum atomic E-state index is 12.7. The second-order valence-corrected chi connectivity index (χ2v) is 10.7. The minimum atomic E-state index is -3.78. The molecule has 4 rings (SSSR count). The summed E-state index contributed by atoms with van der Waals surface area (Å²) in [6, 6.07) is 12.4. The molecule has 10 heteroatoms. The van der Waals surface area contributed by atoms with Crippen LogP contribution in [-0.2, 0) is 19.6 Å². The lowest BCUT2D eigenvalue weighted by Crippen LogP contribution is -2.51. The van der Waals surface area contributed by atoms with E-state index < -0.39 is 21.8 Å². The number of hydrogen-bond donors (Lipinski definition) is 1. The third-order valence-electron chi connectivity index (χ3n) is 5.78. The number of thiophene rings is 1. The zero-order valence-electron chi connectivity index (χ0n) is 17.2. The summed E-state index contributed by atoms with van der Waals surface area (Å²) in [5.74, 6) is -1.64. The van der Waals surface area contributed by atoms with Crippen molar-refractivity contribution < 1.29 is 23.2 Å². The smallest absolute Gasteiger partial charge is 0.250 e. The highest BCUT2D eigenvalue weighted by Crippen LogP contribution is 2.27. The van der Waals surface area contributed by atoms with E-state index in [-0.39, 0.29) is 5.92 Å². The Hall–Kier alpha value is -1.98. The third kappa shape index (κ3) is 5.27. The fraction of sp³-hybridized carbons (Fsp3) is 0.476. The Labute approximate surface area is 186 Å². The fourth-order valence-corrected chi connectivity index (χ4v) is 6.01. The largest absolute Gasteiger partial charge is 0.381 e. The third-order valence-corrected chi connectivity index (χ3v) is 8.42. The Balaban J connectivity index is 1.31. The minimum absolute atomic E-state index is 0.314. The molecule has 2 aliphatic rings. The van der Waals surface area contributed by atoms with Gasteiger partial charge in [0.15, 0.2) is 5.88 Å². The van der Waals surface area contributed by atoms with E-state index in [1.54, 1.807) is 11.3 Å². The maximum absolute atomic E-state index is 12.7. The summed E-state index contributed by atoms with van der Waals surface area (Å²) in [6.45, 7) is 2.64. The summed E-state index contributed by atoms with van der Waals surface area (Å²) in [6.07, 6.45) is 1.000. The van der Waals surface area contributed by atoms with Crippen molar-refractivity contribution in [2.45, 2.75) is 12.8 Å². The molecule has 0 atom stereocenters. The highest BCUT2D eigenvalue weighted by atomic mass is 32.2. The predicted octanol–water partition coefficient (Wildman–Crippen LogP) is 2.47. The van der Waals surface area contributed by atoms with Crippen LogP contribution in [0.1, 0.15) is 12.8 Å². The lowest BCUT2D eigenvalue weighted by molar-refractivity contribution is -0.169. The molecule has 0 radical (unpaired) electrons. The first-order valence-corrected chi connectivity index (χ1v) is 12.9. The molecule has 0 spiro atoms. The molecule has 2 saturated heterocycles. The molecule has 3 heterocycles. The van der Waals surface area contributed by atoms with Crippen LogP contribution in [0.4, 0.5) is 5.69 Å². The highest BCUT2D eigenvalue weighted by Gasteiger charge is 2.33. The van der Waals surface area contributed by atoms with Crippen LogP contribution in [0.3, 0.4) is 0 Å². The first-order chi connectivity index (χ1) is 14.9. The van der Waals surface area contributed by atoms with Crippen molar-refractivity contribution in [3.05, 3.63) is 41.8 Å². The number of sulfonamides is 1. The predicted molar refractivity (Wildman–Crippen MR) is 120 cm³/mol. The van der Waals surface area contributed by atoms with Gasteiger partial charge < -0.3 is 9.64 Å². The van der Waals surface area contributed by atoms with Gasteiger partial charge >= 0.3 is 0 Å². The van der Waals surface area contributed by atoms with E-state index in [1.807, 2.05) is 11.4 Å². The van der Waals surface area contributed by atoms with Gasteiger partial charge in [0.2, 0.25) is 15.9 Å². The highest BCUT2D eigenvalue weighted by molar-refractivity contribution is 7.89. The number of benzene rings is 1. The molecule has 31 heavy (non-hydrogen) atoms. The number of carbonyl (C=O) groups is 1. The topological polar surface area (TPSA) is 90.4 Å². The molecule has 168 valence electrons. The number of rotatable bonds is 6. The molecule has 8 nitrogen and oxygen atoms in total. The zero-order chi connectivity index (χ0) is 21.8. The molecule has 2 aliphatic heterocycles.